The fraction of sp³-hybridized carbons (Fsp3) is 0.463. The van der Waals surface area contributed by atoms with Gasteiger partial charge < -0.3 is 35.5 Å². The van der Waals surface area contributed by atoms with E-state index in [1.807, 2.05) is 42.9 Å². The molecule has 50 heavy (non-hydrogen) atoms. The van der Waals surface area contributed by atoms with Crippen LogP contribution in [-0.4, -0.2) is 55.6 Å². The van der Waals surface area contributed by atoms with E-state index >= 15 is 0 Å². The van der Waals surface area contributed by atoms with E-state index in [1.165, 1.54) is 0 Å². The average Bonchev–Trinajstić information content (AvgIpc) is 3.76. The molecule has 0 spiro atoms. The van der Waals surface area contributed by atoms with Gasteiger partial charge in [0.25, 0.3) is 0 Å². The molecule has 0 aromatic heterocycles. The van der Waals surface area contributed by atoms with Crippen LogP contribution in [0.25, 0.3) is 11.1 Å². The van der Waals surface area contributed by atoms with Crippen molar-refractivity contribution in [1.82, 2.24) is 0 Å². The molecule has 0 bridgehead atoms. The quantitative estimate of drug-likeness (QED) is 0.219. The SMILES string of the molecule is CC1(C)OB(C2=C(c3ccccc3)C(B3OC(C)(C)C(C)(C)O3)=C(c3ccccc3)[C@H](OC3CCCCO3)C2)OC1(C)C.[CH3-].[CH]1C=CC=C1.[Co]. The molecule has 2 aromatic carbocycles. The molecule has 1 unspecified atom stereocenters. The normalized spacial score (nSPS) is 25.9. The minimum absolute atomic E-state index is 0. The van der Waals surface area contributed by atoms with Gasteiger partial charge in [0.05, 0.1) is 28.5 Å². The summed E-state index contributed by atoms with van der Waals surface area (Å²) in [6, 6.07) is 21.0. The van der Waals surface area contributed by atoms with Crippen molar-refractivity contribution in [3.05, 3.63) is 121 Å². The van der Waals surface area contributed by atoms with E-state index in [-0.39, 0.29) is 36.6 Å². The fourth-order valence-electron chi connectivity index (χ4n) is 6.63. The monoisotopic (exact) mass is 723 g/mol. The topological polar surface area (TPSA) is 55.4 Å². The first-order valence-electron chi connectivity index (χ1n) is 17.5. The molecule has 2 aliphatic carbocycles. The second kappa shape index (κ2) is 16.2. The van der Waals surface area contributed by atoms with Gasteiger partial charge in [0, 0.05) is 29.8 Å². The van der Waals surface area contributed by atoms with Crippen LogP contribution < -0.4 is 0 Å². The zero-order valence-corrected chi connectivity index (χ0v) is 32.3. The Balaban J connectivity index is 0.000000739. The number of rotatable bonds is 6. The van der Waals surface area contributed by atoms with Crippen LogP contribution in [0.2, 0.25) is 0 Å². The predicted molar refractivity (Wildman–Crippen MR) is 201 cm³/mol. The van der Waals surface area contributed by atoms with Crippen LogP contribution >= 0.6 is 0 Å². The van der Waals surface area contributed by atoms with Gasteiger partial charge >= 0.3 is 14.2 Å². The molecule has 270 valence electrons. The second-order valence-corrected chi connectivity index (χ2v) is 15.2. The maximum Gasteiger partial charge on any atom is 0.495 e. The standard InChI is InChI=1S/C35H46B2O6.C5H5.CH3.Co/c1-32(2)33(3,4)41-36(40-32)26-23-27(39-28-21-15-16-22-38-28)30(25-19-13-10-14-20-25)31(29(26)24-17-11-9-12-18-24)37-42-34(5,6)35(7,8)43-37;1-2-4-5-3-1;;/h9-14,17-20,27-28H,15-16,21-23H2,1-8H3;1-5H;1H3;/q;;-1;/t27-,28?;;;/m1.../s1. The van der Waals surface area contributed by atoms with Gasteiger partial charge in [-0.3, -0.25) is 0 Å². The molecule has 7 rings (SSSR count). The Bertz CT molecular complexity index is 1520. The molecular formula is C41H54B2CoO6-. The fourth-order valence-corrected chi connectivity index (χ4v) is 6.63. The van der Waals surface area contributed by atoms with Crippen LogP contribution in [-0.2, 0) is 44.9 Å². The van der Waals surface area contributed by atoms with E-state index in [0.717, 1.165) is 52.5 Å². The van der Waals surface area contributed by atoms with Gasteiger partial charge in [-0.25, -0.2) is 0 Å². The van der Waals surface area contributed by atoms with Crippen molar-refractivity contribution in [2.24, 2.45) is 0 Å². The van der Waals surface area contributed by atoms with Crippen molar-refractivity contribution in [1.29, 1.82) is 0 Å². The largest absolute Gasteiger partial charge is 0.495 e. The summed E-state index contributed by atoms with van der Waals surface area (Å²) in [5.41, 5.74) is 4.20. The van der Waals surface area contributed by atoms with Gasteiger partial charge in [0.1, 0.15) is 0 Å². The van der Waals surface area contributed by atoms with Crippen molar-refractivity contribution in [2.75, 3.05) is 6.61 Å². The number of allylic oxidation sites excluding steroid dienone is 6. The van der Waals surface area contributed by atoms with E-state index in [2.05, 4.69) is 104 Å². The Hall–Kier alpha value is -2.20. The first kappa shape index (κ1) is 40.6. The summed E-state index contributed by atoms with van der Waals surface area (Å²) < 4.78 is 40.3. The summed E-state index contributed by atoms with van der Waals surface area (Å²) in [5, 5.41) is 0. The number of hydrogen-bond acceptors (Lipinski definition) is 6. The first-order valence-corrected chi connectivity index (χ1v) is 17.5. The van der Waals surface area contributed by atoms with Gasteiger partial charge in [0.2, 0.25) is 0 Å². The van der Waals surface area contributed by atoms with Gasteiger partial charge in [-0.2, -0.15) is 0 Å². The van der Waals surface area contributed by atoms with Crippen LogP contribution in [0.4, 0.5) is 0 Å². The molecular weight excluding hydrogens is 669 g/mol. The Kier molecular flexibility index (Phi) is 13.2. The molecule has 2 atom stereocenters. The zero-order chi connectivity index (χ0) is 34.2. The molecule has 5 aliphatic rings. The minimum Gasteiger partial charge on any atom is -0.400 e. The van der Waals surface area contributed by atoms with E-state index in [4.69, 9.17) is 28.1 Å². The van der Waals surface area contributed by atoms with Crippen molar-refractivity contribution in [2.45, 2.75) is 116 Å². The van der Waals surface area contributed by atoms with Crippen LogP contribution in [0, 0.1) is 13.8 Å². The van der Waals surface area contributed by atoms with Crippen molar-refractivity contribution < 1.29 is 44.9 Å². The molecule has 6 nitrogen and oxygen atoms in total. The van der Waals surface area contributed by atoms with Gasteiger partial charge in [-0.1, -0.05) is 85.0 Å². The number of ether oxygens (including phenoxy) is 2. The molecule has 0 N–H and O–H groups in total. The molecule has 2 radical (unpaired) electrons. The van der Waals surface area contributed by atoms with Crippen molar-refractivity contribution in [3.63, 3.8) is 0 Å². The predicted octanol–water partition coefficient (Wildman–Crippen LogP) is 9.24. The summed E-state index contributed by atoms with van der Waals surface area (Å²) in [6.45, 7) is 17.5. The summed E-state index contributed by atoms with van der Waals surface area (Å²) >= 11 is 0. The zero-order valence-electron chi connectivity index (χ0n) is 31.3. The van der Waals surface area contributed by atoms with Crippen molar-refractivity contribution in [3.8, 4) is 0 Å². The summed E-state index contributed by atoms with van der Waals surface area (Å²) in [4.78, 5) is 0. The van der Waals surface area contributed by atoms with Crippen LogP contribution in [0.3, 0.4) is 0 Å². The third kappa shape index (κ3) is 8.37. The summed E-state index contributed by atoms with van der Waals surface area (Å²) in [7, 11) is -1.19. The molecule has 2 aromatic rings. The Morgan fingerprint density at radius 2 is 1.14 bits per heavy atom. The first-order chi connectivity index (χ1) is 22.8. The van der Waals surface area contributed by atoms with E-state index < -0.39 is 36.6 Å². The molecule has 0 amide bonds. The van der Waals surface area contributed by atoms with Crippen LogP contribution in [0.1, 0.15) is 92.2 Å². The smallest absolute Gasteiger partial charge is 0.400 e. The third-order valence-electron chi connectivity index (χ3n) is 10.8. The maximum atomic E-state index is 6.93. The molecule has 9 heteroatoms. The average molecular weight is 723 g/mol. The number of hydrogen-bond donors (Lipinski definition) is 0. The van der Waals surface area contributed by atoms with Gasteiger partial charge in [-0.15, -0.1) is 0 Å². The third-order valence-corrected chi connectivity index (χ3v) is 10.8. The molecule has 3 saturated heterocycles. The summed E-state index contributed by atoms with van der Waals surface area (Å²) in [5.74, 6) is 0. The van der Waals surface area contributed by atoms with E-state index in [0.29, 0.717) is 13.0 Å². The molecule has 3 fully saturated rings. The second-order valence-electron chi connectivity index (χ2n) is 15.2. The van der Waals surface area contributed by atoms with Gasteiger partial charge in [-0.05, 0) is 114 Å². The van der Waals surface area contributed by atoms with E-state index in [9.17, 15) is 0 Å². The van der Waals surface area contributed by atoms with Crippen molar-refractivity contribution >= 4 is 25.4 Å². The minimum atomic E-state index is -0.633. The Morgan fingerprint density at radius 3 is 1.60 bits per heavy atom. The van der Waals surface area contributed by atoms with Gasteiger partial charge in [0.15, 0.2) is 6.29 Å². The Morgan fingerprint density at radius 1 is 0.640 bits per heavy atom. The molecule has 0 saturated carbocycles. The van der Waals surface area contributed by atoms with Crippen LogP contribution in [0.15, 0.2) is 95.9 Å². The van der Waals surface area contributed by atoms with E-state index in [1.54, 1.807) is 0 Å². The van der Waals surface area contributed by atoms with Crippen LogP contribution in [0.5, 0.6) is 0 Å². The molecule has 3 heterocycles. The Labute approximate surface area is 312 Å². The maximum absolute atomic E-state index is 6.93. The summed E-state index contributed by atoms with van der Waals surface area (Å²) in [6.07, 6.45) is 13.0. The number of benzene rings is 2. The molecule has 3 aliphatic heterocycles.